The van der Waals surface area contributed by atoms with Crippen molar-refractivity contribution < 1.29 is 4.42 Å². The number of H-pyrrole nitrogens is 1. The van der Waals surface area contributed by atoms with Crippen LogP contribution in [-0.2, 0) is 0 Å². The van der Waals surface area contributed by atoms with E-state index in [1.165, 1.54) is 0 Å². The van der Waals surface area contributed by atoms with Gasteiger partial charge in [-0.05, 0) is 18.2 Å². The quantitative estimate of drug-likeness (QED) is 0.672. The summed E-state index contributed by atoms with van der Waals surface area (Å²) >= 11 is 0. The molecule has 3 aromatic rings. The number of furan rings is 1. The minimum atomic E-state index is -0.137. The zero-order valence-corrected chi connectivity index (χ0v) is 8.31. The third kappa shape index (κ3) is 1.32. The topological polar surface area (TPSA) is 58.9 Å². The summed E-state index contributed by atoms with van der Waals surface area (Å²) in [7, 11) is 0. The Balaban J connectivity index is 2.34. The van der Waals surface area contributed by atoms with Gasteiger partial charge in [0.1, 0.15) is 12.1 Å². The minimum Gasteiger partial charge on any atom is -0.472 e. The van der Waals surface area contributed by atoms with Crippen LogP contribution in [0.15, 0.2) is 52.1 Å². The van der Waals surface area contributed by atoms with Crippen molar-refractivity contribution in [2.75, 3.05) is 0 Å². The number of nitrogens with zero attached hydrogens (tertiary/aromatic N) is 1. The predicted octanol–water partition coefficient (Wildman–Crippen LogP) is 2.18. The van der Waals surface area contributed by atoms with Gasteiger partial charge in [0.05, 0.1) is 22.7 Å². The highest BCUT2D eigenvalue weighted by Crippen LogP contribution is 2.15. The fourth-order valence-electron chi connectivity index (χ4n) is 1.62. The van der Waals surface area contributed by atoms with Gasteiger partial charge in [-0.2, -0.15) is 0 Å². The van der Waals surface area contributed by atoms with Crippen LogP contribution in [0.3, 0.4) is 0 Å². The Morgan fingerprint density at radius 3 is 2.88 bits per heavy atom. The Morgan fingerprint density at radius 1 is 1.19 bits per heavy atom. The van der Waals surface area contributed by atoms with Crippen LogP contribution in [0.4, 0.5) is 0 Å². The monoisotopic (exact) mass is 212 g/mol. The molecule has 0 saturated carbocycles. The highest BCUT2D eigenvalue weighted by molar-refractivity contribution is 5.79. The Morgan fingerprint density at radius 2 is 2.06 bits per heavy atom. The number of aromatic nitrogens is 2. The van der Waals surface area contributed by atoms with Crippen LogP contribution >= 0.6 is 0 Å². The SMILES string of the molecule is O=c1[nH]c(-c2ccoc2)nc2ccccc12. The molecule has 0 bridgehead atoms. The van der Waals surface area contributed by atoms with Crippen molar-refractivity contribution in [1.82, 2.24) is 9.97 Å². The zero-order valence-electron chi connectivity index (χ0n) is 8.31. The first-order valence-electron chi connectivity index (χ1n) is 4.86. The minimum absolute atomic E-state index is 0.137. The highest BCUT2D eigenvalue weighted by atomic mass is 16.3. The van der Waals surface area contributed by atoms with Gasteiger partial charge >= 0.3 is 0 Å². The molecule has 2 aromatic heterocycles. The standard InChI is InChI=1S/C12H8N2O2/c15-12-9-3-1-2-4-10(9)13-11(14-12)8-5-6-16-7-8/h1-7H,(H,13,14,15). The third-order valence-corrected chi connectivity index (χ3v) is 2.41. The molecule has 4 nitrogen and oxygen atoms in total. The number of aromatic amines is 1. The average molecular weight is 212 g/mol. The third-order valence-electron chi connectivity index (χ3n) is 2.41. The lowest BCUT2D eigenvalue weighted by atomic mass is 10.2. The molecule has 0 unspecified atom stereocenters. The summed E-state index contributed by atoms with van der Waals surface area (Å²) in [5.41, 5.74) is 1.31. The van der Waals surface area contributed by atoms with Crippen molar-refractivity contribution >= 4 is 10.9 Å². The number of fused-ring (bicyclic) bond motifs is 1. The van der Waals surface area contributed by atoms with Gasteiger partial charge in [-0.1, -0.05) is 12.1 Å². The molecule has 1 N–H and O–H groups in total. The van der Waals surface area contributed by atoms with Crippen molar-refractivity contribution in [3.63, 3.8) is 0 Å². The number of hydrogen-bond donors (Lipinski definition) is 1. The number of rotatable bonds is 1. The van der Waals surface area contributed by atoms with E-state index in [0.29, 0.717) is 16.7 Å². The first-order valence-corrected chi connectivity index (χ1v) is 4.86. The summed E-state index contributed by atoms with van der Waals surface area (Å²) in [6.45, 7) is 0. The van der Waals surface area contributed by atoms with E-state index in [9.17, 15) is 4.79 Å². The fourth-order valence-corrected chi connectivity index (χ4v) is 1.62. The van der Waals surface area contributed by atoms with Gasteiger partial charge in [-0.25, -0.2) is 4.98 Å². The first kappa shape index (κ1) is 8.91. The van der Waals surface area contributed by atoms with Crippen LogP contribution in [0, 0.1) is 0 Å². The fraction of sp³-hybridized carbons (Fsp3) is 0. The lowest BCUT2D eigenvalue weighted by Crippen LogP contribution is -2.08. The van der Waals surface area contributed by atoms with E-state index in [1.807, 2.05) is 18.2 Å². The van der Waals surface area contributed by atoms with E-state index in [1.54, 1.807) is 24.7 Å². The van der Waals surface area contributed by atoms with E-state index >= 15 is 0 Å². The van der Waals surface area contributed by atoms with Gasteiger partial charge in [-0.15, -0.1) is 0 Å². The van der Waals surface area contributed by atoms with Crippen molar-refractivity contribution in [2.24, 2.45) is 0 Å². The molecule has 0 amide bonds. The molecule has 3 rings (SSSR count). The molecular weight excluding hydrogens is 204 g/mol. The number of nitrogens with one attached hydrogen (secondary N) is 1. The Labute approximate surface area is 90.6 Å². The van der Waals surface area contributed by atoms with Gasteiger partial charge in [-0.3, -0.25) is 4.79 Å². The van der Waals surface area contributed by atoms with Crippen LogP contribution in [0.2, 0.25) is 0 Å². The van der Waals surface area contributed by atoms with Crippen LogP contribution in [-0.4, -0.2) is 9.97 Å². The summed E-state index contributed by atoms with van der Waals surface area (Å²) in [5, 5.41) is 0.592. The smallest absolute Gasteiger partial charge is 0.259 e. The summed E-state index contributed by atoms with van der Waals surface area (Å²) in [4.78, 5) is 18.9. The van der Waals surface area contributed by atoms with E-state index in [-0.39, 0.29) is 5.56 Å². The normalized spacial score (nSPS) is 10.8. The van der Waals surface area contributed by atoms with E-state index in [0.717, 1.165) is 5.56 Å². The molecular formula is C12H8N2O2. The van der Waals surface area contributed by atoms with Gasteiger partial charge in [0.25, 0.3) is 5.56 Å². The summed E-state index contributed by atoms with van der Waals surface area (Å²) in [6, 6.07) is 8.99. The molecule has 0 radical (unpaired) electrons. The van der Waals surface area contributed by atoms with Crippen molar-refractivity contribution in [3.05, 3.63) is 53.2 Å². The Kier molecular flexibility index (Phi) is 1.86. The van der Waals surface area contributed by atoms with Crippen molar-refractivity contribution in [2.45, 2.75) is 0 Å². The van der Waals surface area contributed by atoms with Crippen molar-refractivity contribution in [3.8, 4) is 11.4 Å². The number of para-hydroxylation sites is 1. The second-order valence-corrected chi connectivity index (χ2v) is 3.44. The first-order chi connectivity index (χ1) is 7.84. The molecule has 16 heavy (non-hydrogen) atoms. The average Bonchev–Trinajstić information content (AvgIpc) is 2.82. The van der Waals surface area contributed by atoms with Gasteiger partial charge in [0.15, 0.2) is 0 Å². The highest BCUT2D eigenvalue weighted by Gasteiger charge is 2.05. The van der Waals surface area contributed by atoms with Gasteiger partial charge < -0.3 is 9.40 Å². The summed E-state index contributed by atoms with van der Waals surface area (Å²) in [5.74, 6) is 0.525. The zero-order chi connectivity index (χ0) is 11.0. The van der Waals surface area contributed by atoms with E-state index in [2.05, 4.69) is 9.97 Å². The van der Waals surface area contributed by atoms with Crippen molar-refractivity contribution in [1.29, 1.82) is 0 Å². The lowest BCUT2D eigenvalue weighted by molar-refractivity contribution is 0.568. The maximum atomic E-state index is 11.8. The molecule has 0 aliphatic rings. The predicted molar refractivity (Wildman–Crippen MR) is 60.1 cm³/mol. The number of hydrogen-bond acceptors (Lipinski definition) is 3. The Bertz CT molecular complexity index is 684. The molecule has 2 heterocycles. The Hall–Kier alpha value is -2.36. The summed E-state index contributed by atoms with van der Waals surface area (Å²) in [6.07, 6.45) is 3.09. The van der Waals surface area contributed by atoms with E-state index < -0.39 is 0 Å². The molecule has 78 valence electrons. The van der Waals surface area contributed by atoms with Gasteiger partial charge in [0.2, 0.25) is 0 Å². The second kappa shape index (κ2) is 3.34. The molecule has 0 atom stereocenters. The van der Waals surface area contributed by atoms with Crippen LogP contribution < -0.4 is 5.56 Å². The van der Waals surface area contributed by atoms with Crippen LogP contribution in [0.1, 0.15) is 0 Å². The molecule has 4 heteroatoms. The molecule has 0 aliphatic heterocycles. The molecule has 0 saturated heterocycles. The molecule has 0 aliphatic carbocycles. The molecule has 0 spiro atoms. The molecule has 0 fully saturated rings. The van der Waals surface area contributed by atoms with E-state index in [4.69, 9.17) is 4.42 Å². The summed E-state index contributed by atoms with van der Waals surface area (Å²) < 4.78 is 4.96. The van der Waals surface area contributed by atoms with Crippen LogP contribution in [0.5, 0.6) is 0 Å². The maximum absolute atomic E-state index is 11.8. The van der Waals surface area contributed by atoms with Gasteiger partial charge in [0, 0.05) is 0 Å². The van der Waals surface area contributed by atoms with Crippen LogP contribution in [0.25, 0.3) is 22.3 Å². The largest absolute Gasteiger partial charge is 0.472 e. The maximum Gasteiger partial charge on any atom is 0.259 e. The lowest BCUT2D eigenvalue weighted by Gasteiger charge is -1.99. The second-order valence-electron chi connectivity index (χ2n) is 3.44. The number of benzene rings is 1. The molecule has 1 aromatic carbocycles.